The molecular formula is C21H26FNO4. The van der Waals surface area contributed by atoms with Crippen LogP contribution in [0.1, 0.15) is 32.8 Å². The number of rotatable bonds is 10. The summed E-state index contributed by atoms with van der Waals surface area (Å²) in [5.74, 6) is 1.22. The summed E-state index contributed by atoms with van der Waals surface area (Å²) in [6, 6.07) is 11.2. The van der Waals surface area contributed by atoms with E-state index in [4.69, 9.17) is 14.2 Å². The van der Waals surface area contributed by atoms with Crippen molar-refractivity contribution in [2.45, 2.75) is 39.8 Å². The molecule has 1 amide bonds. The highest BCUT2D eigenvalue weighted by Gasteiger charge is 2.18. The Balaban J connectivity index is 1.98. The lowest BCUT2D eigenvalue weighted by Gasteiger charge is -2.18. The number of carbonyl (C=O) groups is 1. The van der Waals surface area contributed by atoms with Crippen molar-refractivity contribution in [2.75, 3.05) is 13.2 Å². The molecule has 0 aliphatic heterocycles. The van der Waals surface area contributed by atoms with E-state index in [2.05, 4.69) is 5.32 Å². The zero-order valence-electron chi connectivity index (χ0n) is 16.0. The van der Waals surface area contributed by atoms with Gasteiger partial charge in [-0.25, -0.2) is 4.39 Å². The van der Waals surface area contributed by atoms with Gasteiger partial charge in [0.2, 0.25) is 0 Å². The zero-order valence-corrected chi connectivity index (χ0v) is 16.0. The van der Waals surface area contributed by atoms with E-state index in [-0.39, 0.29) is 11.7 Å². The van der Waals surface area contributed by atoms with Crippen molar-refractivity contribution in [2.24, 2.45) is 0 Å². The molecule has 0 aromatic heterocycles. The molecule has 2 aromatic carbocycles. The Bertz CT molecular complexity index is 733. The van der Waals surface area contributed by atoms with Crippen molar-refractivity contribution in [3.8, 4) is 17.2 Å². The van der Waals surface area contributed by atoms with Gasteiger partial charge in [-0.2, -0.15) is 0 Å². The maximum atomic E-state index is 13.0. The Morgan fingerprint density at radius 1 is 1.00 bits per heavy atom. The number of amides is 1. The molecule has 0 fully saturated rings. The van der Waals surface area contributed by atoms with E-state index in [9.17, 15) is 9.18 Å². The number of hydrogen-bond donors (Lipinski definition) is 1. The minimum atomic E-state index is -0.649. The average Bonchev–Trinajstić information content (AvgIpc) is 2.67. The Kier molecular flexibility index (Phi) is 7.92. The van der Waals surface area contributed by atoms with Crippen molar-refractivity contribution >= 4 is 5.91 Å². The summed E-state index contributed by atoms with van der Waals surface area (Å²) in [6.07, 6.45) is -0.152. The van der Waals surface area contributed by atoms with Gasteiger partial charge in [-0.3, -0.25) is 4.79 Å². The van der Waals surface area contributed by atoms with Crippen LogP contribution in [-0.4, -0.2) is 25.2 Å². The van der Waals surface area contributed by atoms with Crippen LogP contribution in [0, 0.1) is 5.82 Å². The lowest BCUT2D eigenvalue weighted by atomic mass is 10.2. The molecular weight excluding hydrogens is 349 g/mol. The molecule has 1 N–H and O–H groups in total. The molecule has 0 spiro atoms. The summed E-state index contributed by atoms with van der Waals surface area (Å²) in [5.41, 5.74) is 0.895. The number of benzene rings is 2. The molecule has 0 aliphatic rings. The molecule has 0 saturated carbocycles. The van der Waals surface area contributed by atoms with Gasteiger partial charge in [-0.05, 0) is 62.2 Å². The first kappa shape index (κ1) is 20.6. The van der Waals surface area contributed by atoms with Crippen molar-refractivity contribution in [1.29, 1.82) is 0 Å². The van der Waals surface area contributed by atoms with Gasteiger partial charge in [-0.15, -0.1) is 0 Å². The van der Waals surface area contributed by atoms with Crippen LogP contribution in [0.5, 0.6) is 17.2 Å². The quantitative estimate of drug-likeness (QED) is 0.679. The van der Waals surface area contributed by atoms with E-state index in [0.717, 1.165) is 5.56 Å². The van der Waals surface area contributed by atoms with Crippen LogP contribution in [0.2, 0.25) is 0 Å². The Morgan fingerprint density at radius 3 is 2.30 bits per heavy atom. The van der Waals surface area contributed by atoms with Gasteiger partial charge in [0, 0.05) is 6.54 Å². The molecule has 0 heterocycles. The van der Waals surface area contributed by atoms with Crippen LogP contribution in [0.4, 0.5) is 4.39 Å². The highest BCUT2D eigenvalue weighted by atomic mass is 19.1. The third-order valence-electron chi connectivity index (χ3n) is 3.83. The Morgan fingerprint density at radius 2 is 1.67 bits per heavy atom. The third kappa shape index (κ3) is 6.16. The van der Waals surface area contributed by atoms with E-state index >= 15 is 0 Å². The third-order valence-corrected chi connectivity index (χ3v) is 3.83. The van der Waals surface area contributed by atoms with Crippen LogP contribution in [0.3, 0.4) is 0 Å². The summed E-state index contributed by atoms with van der Waals surface area (Å²) in [5, 5.41) is 2.87. The minimum Gasteiger partial charge on any atom is -0.490 e. The first-order chi connectivity index (χ1) is 13.1. The summed E-state index contributed by atoms with van der Waals surface area (Å²) < 4.78 is 29.8. The summed E-state index contributed by atoms with van der Waals surface area (Å²) in [7, 11) is 0. The van der Waals surface area contributed by atoms with Crippen molar-refractivity contribution in [3.63, 3.8) is 0 Å². The summed E-state index contributed by atoms with van der Waals surface area (Å²) >= 11 is 0. The monoisotopic (exact) mass is 375 g/mol. The maximum absolute atomic E-state index is 13.0. The highest BCUT2D eigenvalue weighted by molar-refractivity contribution is 5.81. The largest absolute Gasteiger partial charge is 0.490 e. The molecule has 2 rings (SSSR count). The van der Waals surface area contributed by atoms with Crippen LogP contribution in [-0.2, 0) is 11.3 Å². The maximum Gasteiger partial charge on any atom is 0.261 e. The Labute approximate surface area is 159 Å². The molecule has 5 nitrogen and oxygen atoms in total. The van der Waals surface area contributed by atoms with Gasteiger partial charge in [0.1, 0.15) is 11.6 Å². The molecule has 146 valence electrons. The SMILES string of the molecule is CCOc1ccc(CNC(=O)[C@@H](CC)Oc2ccc(F)cc2)cc1OCC. The van der Waals surface area contributed by atoms with Gasteiger partial charge in [0.15, 0.2) is 17.6 Å². The predicted molar refractivity (Wildman–Crippen MR) is 102 cm³/mol. The van der Waals surface area contributed by atoms with Crippen LogP contribution >= 0.6 is 0 Å². The summed E-state index contributed by atoms with van der Waals surface area (Å²) in [4.78, 5) is 12.4. The lowest BCUT2D eigenvalue weighted by molar-refractivity contribution is -0.128. The Hall–Kier alpha value is -2.76. The number of nitrogens with one attached hydrogen (secondary N) is 1. The molecule has 27 heavy (non-hydrogen) atoms. The fourth-order valence-corrected chi connectivity index (χ4v) is 2.51. The van der Waals surface area contributed by atoms with Crippen LogP contribution in [0.15, 0.2) is 42.5 Å². The molecule has 0 radical (unpaired) electrons. The van der Waals surface area contributed by atoms with Gasteiger partial charge in [0.25, 0.3) is 5.91 Å². The van der Waals surface area contributed by atoms with Gasteiger partial charge < -0.3 is 19.5 Å². The zero-order chi connectivity index (χ0) is 19.6. The average molecular weight is 375 g/mol. The number of carbonyl (C=O) groups excluding carboxylic acids is 1. The van der Waals surface area contributed by atoms with E-state index in [1.807, 2.05) is 39.0 Å². The highest BCUT2D eigenvalue weighted by Crippen LogP contribution is 2.28. The minimum absolute atomic E-state index is 0.228. The summed E-state index contributed by atoms with van der Waals surface area (Å²) in [6.45, 7) is 7.10. The molecule has 0 aliphatic carbocycles. The predicted octanol–water partition coefficient (Wildman–Crippen LogP) is 4.10. The topological polar surface area (TPSA) is 56.8 Å². The standard InChI is InChI=1S/C21H26FNO4/c1-4-18(27-17-10-8-16(22)9-11-17)21(24)23-14-15-7-12-19(25-5-2)20(13-15)26-6-3/h7-13,18H,4-6,14H2,1-3H3,(H,23,24)/t18-/m1/s1. The molecule has 0 bridgehead atoms. The molecule has 1 atom stereocenters. The van der Waals surface area contributed by atoms with E-state index in [1.165, 1.54) is 24.3 Å². The lowest BCUT2D eigenvalue weighted by Crippen LogP contribution is -2.37. The van der Waals surface area contributed by atoms with Crippen molar-refractivity contribution in [1.82, 2.24) is 5.32 Å². The van der Waals surface area contributed by atoms with Crippen molar-refractivity contribution in [3.05, 3.63) is 53.8 Å². The molecule has 0 saturated heterocycles. The first-order valence-corrected chi connectivity index (χ1v) is 9.15. The van der Waals surface area contributed by atoms with E-state index in [0.29, 0.717) is 43.4 Å². The van der Waals surface area contributed by atoms with Crippen LogP contribution in [0.25, 0.3) is 0 Å². The molecule has 0 unspecified atom stereocenters. The van der Waals surface area contributed by atoms with Gasteiger partial charge in [0.05, 0.1) is 13.2 Å². The molecule has 6 heteroatoms. The second-order valence-corrected chi connectivity index (χ2v) is 5.83. The number of ether oxygens (including phenoxy) is 3. The van der Waals surface area contributed by atoms with Crippen molar-refractivity contribution < 1.29 is 23.4 Å². The fraction of sp³-hybridized carbons (Fsp3) is 0.381. The molecule has 2 aromatic rings. The smallest absolute Gasteiger partial charge is 0.261 e. The fourth-order valence-electron chi connectivity index (χ4n) is 2.51. The second-order valence-electron chi connectivity index (χ2n) is 5.83. The number of hydrogen-bond acceptors (Lipinski definition) is 4. The van der Waals surface area contributed by atoms with E-state index < -0.39 is 6.10 Å². The first-order valence-electron chi connectivity index (χ1n) is 9.15. The normalized spacial score (nSPS) is 11.6. The van der Waals surface area contributed by atoms with Gasteiger partial charge >= 0.3 is 0 Å². The second kappa shape index (κ2) is 10.4. The van der Waals surface area contributed by atoms with E-state index in [1.54, 1.807) is 0 Å². The van der Waals surface area contributed by atoms with Crippen LogP contribution < -0.4 is 19.5 Å². The van der Waals surface area contributed by atoms with Gasteiger partial charge in [-0.1, -0.05) is 13.0 Å². The number of halogens is 1.